The van der Waals surface area contributed by atoms with Crippen molar-refractivity contribution < 1.29 is 9.90 Å². The minimum absolute atomic E-state index is 0.110. The molecule has 0 bridgehead atoms. The lowest BCUT2D eigenvalue weighted by atomic mass is 10.2. The summed E-state index contributed by atoms with van der Waals surface area (Å²) in [6.45, 7) is 3.74. The van der Waals surface area contributed by atoms with E-state index >= 15 is 0 Å². The molecular weight excluding hydrogens is 178 g/mol. The van der Waals surface area contributed by atoms with E-state index in [0.29, 0.717) is 11.4 Å². The number of rotatable bonds is 1. The Hall–Kier alpha value is -2.03. The molecule has 1 aromatic rings. The van der Waals surface area contributed by atoms with Crippen LogP contribution in [0.3, 0.4) is 0 Å². The van der Waals surface area contributed by atoms with E-state index in [2.05, 4.69) is 6.58 Å². The molecule has 0 aromatic heterocycles. The number of allylic oxidation sites excluding steroid dienone is 1. The molecule has 1 amide bonds. The molecule has 70 valence electrons. The number of anilines is 1. The third-order valence-electron chi connectivity index (χ3n) is 2.03. The fourth-order valence-corrected chi connectivity index (χ4v) is 1.35. The molecule has 14 heavy (non-hydrogen) atoms. The molecule has 1 heterocycles. The molecule has 0 saturated heterocycles. The number of nitrogens with zero attached hydrogens (tertiary/aromatic N) is 1. The summed E-state index contributed by atoms with van der Waals surface area (Å²) in [6.07, 6.45) is 3.13. The van der Waals surface area contributed by atoms with Crippen molar-refractivity contribution in [3.63, 3.8) is 0 Å². The van der Waals surface area contributed by atoms with E-state index in [1.165, 1.54) is 23.1 Å². The minimum Gasteiger partial charge on any atom is -0.508 e. The van der Waals surface area contributed by atoms with Crippen molar-refractivity contribution in [2.75, 3.05) is 4.90 Å². The molecule has 1 aliphatic rings. The molecule has 0 spiro atoms. The number of phenolic OH excluding ortho intramolecular Hbond substituents is 1. The summed E-state index contributed by atoms with van der Waals surface area (Å²) in [4.78, 5) is 12.9. The Labute approximate surface area is 81.6 Å². The van der Waals surface area contributed by atoms with E-state index in [0.717, 1.165) is 0 Å². The Kier molecular flexibility index (Phi) is 1.85. The topological polar surface area (TPSA) is 40.5 Å². The van der Waals surface area contributed by atoms with Gasteiger partial charge in [0.25, 0.3) is 5.91 Å². The van der Waals surface area contributed by atoms with Gasteiger partial charge >= 0.3 is 0 Å². The molecule has 0 unspecified atom stereocenters. The van der Waals surface area contributed by atoms with E-state index < -0.39 is 0 Å². The lowest BCUT2D eigenvalue weighted by molar-refractivity contribution is -0.113. The second kappa shape index (κ2) is 3.03. The second-order valence-corrected chi connectivity index (χ2v) is 3.01. The molecule has 1 aliphatic heterocycles. The molecule has 1 aromatic carbocycles. The predicted octanol–water partition coefficient (Wildman–Crippen LogP) is 1.81. The van der Waals surface area contributed by atoms with Gasteiger partial charge in [0.05, 0.1) is 0 Å². The van der Waals surface area contributed by atoms with Crippen molar-refractivity contribution >= 4 is 11.6 Å². The van der Waals surface area contributed by atoms with Crippen molar-refractivity contribution in [2.24, 2.45) is 0 Å². The normalized spacial score (nSPS) is 15.3. The predicted molar refractivity (Wildman–Crippen MR) is 53.9 cm³/mol. The zero-order chi connectivity index (χ0) is 10.1. The fourth-order valence-electron chi connectivity index (χ4n) is 1.35. The van der Waals surface area contributed by atoms with Crippen molar-refractivity contribution in [3.8, 4) is 5.75 Å². The highest BCUT2D eigenvalue weighted by Gasteiger charge is 2.19. The maximum atomic E-state index is 11.4. The summed E-state index contributed by atoms with van der Waals surface area (Å²) < 4.78 is 0. The average Bonchev–Trinajstić information content (AvgIpc) is 2.49. The van der Waals surface area contributed by atoms with Crippen LogP contribution in [0.25, 0.3) is 0 Å². The number of amides is 1. The van der Waals surface area contributed by atoms with Crippen molar-refractivity contribution in [1.82, 2.24) is 0 Å². The summed E-state index contributed by atoms with van der Waals surface area (Å²) in [5.41, 5.74) is 1.35. The van der Waals surface area contributed by atoms with Crippen LogP contribution in [-0.4, -0.2) is 11.0 Å². The fraction of sp³-hybridized carbons (Fsp3) is 0. The largest absolute Gasteiger partial charge is 0.508 e. The number of carbonyl (C=O) groups excluding carboxylic acids is 1. The van der Waals surface area contributed by atoms with E-state index in [9.17, 15) is 4.79 Å². The first-order valence-electron chi connectivity index (χ1n) is 4.18. The molecular formula is C11H9NO2. The first-order chi connectivity index (χ1) is 6.68. The maximum Gasteiger partial charge on any atom is 0.255 e. The van der Waals surface area contributed by atoms with Gasteiger partial charge in [0, 0.05) is 17.5 Å². The third-order valence-corrected chi connectivity index (χ3v) is 2.03. The van der Waals surface area contributed by atoms with Crippen LogP contribution in [-0.2, 0) is 4.79 Å². The number of phenols is 1. The Morgan fingerprint density at radius 1 is 1.14 bits per heavy atom. The standard InChI is InChI=1S/C11H9NO2/c1-8-2-7-11(14)12(8)9-3-5-10(13)6-4-9/h2-7,13H,1H2. The van der Waals surface area contributed by atoms with Gasteiger partial charge in [-0.3, -0.25) is 9.69 Å². The summed E-state index contributed by atoms with van der Waals surface area (Å²) in [5, 5.41) is 9.09. The quantitative estimate of drug-likeness (QED) is 0.728. The molecule has 3 heteroatoms. The SMILES string of the molecule is C=C1C=CC(=O)N1c1ccc(O)cc1. The van der Waals surface area contributed by atoms with Gasteiger partial charge in [0.1, 0.15) is 5.75 Å². The van der Waals surface area contributed by atoms with Gasteiger partial charge in [0.15, 0.2) is 0 Å². The highest BCUT2D eigenvalue weighted by atomic mass is 16.3. The van der Waals surface area contributed by atoms with Crippen LogP contribution in [0.4, 0.5) is 5.69 Å². The molecule has 2 rings (SSSR count). The highest BCUT2D eigenvalue weighted by molar-refractivity contribution is 6.07. The second-order valence-electron chi connectivity index (χ2n) is 3.01. The zero-order valence-electron chi connectivity index (χ0n) is 7.47. The van der Waals surface area contributed by atoms with E-state index in [1.54, 1.807) is 18.2 Å². The average molecular weight is 187 g/mol. The van der Waals surface area contributed by atoms with Gasteiger partial charge in [-0.15, -0.1) is 0 Å². The minimum atomic E-state index is -0.110. The Morgan fingerprint density at radius 2 is 1.79 bits per heavy atom. The van der Waals surface area contributed by atoms with Crippen molar-refractivity contribution in [2.45, 2.75) is 0 Å². The smallest absolute Gasteiger partial charge is 0.255 e. The maximum absolute atomic E-state index is 11.4. The first kappa shape index (κ1) is 8.56. The van der Waals surface area contributed by atoms with Crippen LogP contribution >= 0.6 is 0 Å². The number of aromatic hydroxyl groups is 1. The van der Waals surface area contributed by atoms with Crippen molar-refractivity contribution in [3.05, 3.63) is 48.7 Å². The van der Waals surface area contributed by atoms with Gasteiger partial charge in [-0.1, -0.05) is 6.58 Å². The Balaban J connectivity index is 2.36. The molecule has 3 nitrogen and oxygen atoms in total. The number of benzene rings is 1. The molecule has 0 saturated carbocycles. The summed E-state index contributed by atoms with van der Waals surface area (Å²) >= 11 is 0. The Morgan fingerprint density at radius 3 is 2.29 bits per heavy atom. The first-order valence-corrected chi connectivity index (χ1v) is 4.18. The third kappa shape index (κ3) is 1.29. The summed E-state index contributed by atoms with van der Waals surface area (Å²) in [6, 6.07) is 6.42. The van der Waals surface area contributed by atoms with Crippen LogP contribution in [0.1, 0.15) is 0 Å². The molecule has 0 atom stereocenters. The molecule has 1 N–H and O–H groups in total. The molecule has 0 radical (unpaired) electrons. The van der Waals surface area contributed by atoms with E-state index in [4.69, 9.17) is 5.11 Å². The zero-order valence-corrected chi connectivity index (χ0v) is 7.47. The monoisotopic (exact) mass is 187 g/mol. The van der Waals surface area contributed by atoms with Gasteiger partial charge in [-0.2, -0.15) is 0 Å². The van der Waals surface area contributed by atoms with Gasteiger partial charge in [-0.25, -0.2) is 0 Å². The van der Waals surface area contributed by atoms with Crippen LogP contribution in [0, 0.1) is 0 Å². The highest BCUT2D eigenvalue weighted by Crippen LogP contribution is 2.25. The van der Waals surface area contributed by atoms with Crippen LogP contribution in [0.2, 0.25) is 0 Å². The number of carbonyl (C=O) groups is 1. The molecule has 0 fully saturated rings. The number of hydrogen-bond donors (Lipinski definition) is 1. The van der Waals surface area contributed by atoms with E-state index in [-0.39, 0.29) is 11.7 Å². The summed E-state index contributed by atoms with van der Waals surface area (Å²) in [7, 11) is 0. The van der Waals surface area contributed by atoms with Crippen molar-refractivity contribution in [1.29, 1.82) is 0 Å². The number of hydrogen-bond acceptors (Lipinski definition) is 2. The van der Waals surface area contributed by atoms with Crippen LogP contribution in [0.15, 0.2) is 48.7 Å². The van der Waals surface area contributed by atoms with E-state index in [1.807, 2.05) is 0 Å². The molecule has 0 aliphatic carbocycles. The summed E-state index contributed by atoms with van der Waals surface area (Å²) in [5.74, 6) is 0.0691. The Bertz CT molecular complexity index is 399. The van der Waals surface area contributed by atoms with Gasteiger partial charge < -0.3 is 5.11 Å². The van der Waals surface area contributed by atoms with Gasteiger partial charge in [-0.05, 0) is 30.3 Å². The van der Waals surface area contributed by atoms with Gasteiger partial charge in [0.2, 0.25) is 0 Å². The van der Waals surface area contributed by atoms with Crippen LogP contribution < -0.4 is 4.90 Å². The lowest BCUT2D eigenvalue weighted by Gasteiger charge is -2.16. The lowest BCUT2D eigenvalue weighted by Crippen LogP contribution is -2.22. The van der Waals surface area contributed by atoms with Crippen LogP contribution in [0.5, 0.6) is 5.75 Å².